The number of imidazole rings is 1. The summed E-state index contributed by atoms with van der Waals surface area (Å²) in [6.45, 7) is 2.92. The summed E-state index contributed by atoms with van der Waals surface area (Å²) in [6, 6.07) is 5.95. The summed E-state index contributed by atoms with van der Waals surface area (Å²) < 4.78 is 8.16. The Bertz CT molecular complexity index is 911. The highest BCUT2D eigenvalue weighted by molar-refractivity contribution is 7.22. The van der Waals surface area contributed by atoms with Crippen molar-refractivity contribution >= 4 is 32.6 Å². The molecule has 3 aromatic rings. The lowest BCUT2D eigenvalue weighted by molar-refractivity contribution is 0.0737. The van der Waals surface area contributed by atoms with Gasteiger partial charge in [-0.2, -0.15) is 0 Å². The van der Waals surface area contributed by atoms with Crippen molar-refractivity contribution in [3.05, 3.63) is 36.4 Å². The number of nitrogens with zero attached hydrogens (tertiary/aromatic N) is 5. The maximum absolute atomic E-state index is 12.6. The summed E-state index contributed by atoms with van der Waals surface area (Å²) >= 11 is 1.67. The van der Waals surface area contributed by atoms with Crippen LogP contribution in [0.15, 0.2) is 30.7 Å². The molecule has 0 atom stereocenters. The van der Waals surface area contributed by atoms with Crippen LogP contribution in [0.2, 0.25) is 0 Å². The van der Waals surface area contributed by atoms with Crippen molar-refractivity contribution in [1.29, 1.82) is 0 Å². The number of methoxy groups -OCH3 is 1. The highest BCUT2D eigenvalue weighted by Gasteiger charge is 2.25. The van der Waals surface area contributed by atoms with Gasteiger partial charge in [0.2, 0.25) is 0 Å². The number of thiazole rings is 1. The Morgan fingerprint density at radius 1 is 1.24 bits per heavy atom. The molecule has 1 saturated heterocycles. The summed E-state index contributed by atoms with van der Waals surface area (Å²) in [5.41, 5.74) is 1.58. The number of piperazine rings is 1. The van der Waals surface area contributed by atoms with Crippen LogP contribution in [0.4, 0.5) is 5.13 Å². The first-order chi connectivity index (χ1) is 12.2. The molecule has 1 aromatic carbocycles. The minimum Gasteiger partial charge on any atom is -0.497 e. The maximum Gasteiger partial charge on any atom is 0.272 e. The van der Waals surface area contributed by atoms with Crippen molar-refractivity contribution < 1.29 is 9.53 Å². The Hall–Kier alpha value is -2.61. The van der Waals surface area contributed by atoms with Crippen molar-refractivity contribution in [3.8, 4) is 5.75 Å². The van der Waals surface area contributed by atoms with E-state index in [4.69, 9.17) is 9.72 Å². The normalized spacial score (nSPS) is 15.0. The molecule has 0 radical (unpaired) electrons. The summed E-state index contributed by atoms with van der Waals surface area (Å²) in [4.78, 5) is 25.4. The van der Waals surface area contributed by atoms with Gasteiger partial charge in [-0.15, -0.1) is 0 Å². The number of ether oxygens (including phenoxy) is 1. The van der Waals surface area contributed by atoms with Crippen molar-refractivity contribution in [1.82, 2.24) is 19.4 Å². The van der Waals surface area contributed by atoms with Crippen molar-refractivity contribution in [2.45, 2.75) is 0 Å². The fourth-order valence-corrected chi connectivity index (χ4v) is 3.98. The number of carbonyl (C=O) groups excluding carboxylic acids is 1. The van der Waals surface area contributed by atoms with Gasteiger partial charge in [0.15, 0.2) is 5.13 Å². The highest BCUT2D eigenvalue weighted by Crippen LogP contribution is 2.31. The van der Waals surface area contributed by atoms with E-state index >= 15 is 0 Å². The molecule has 1 fully saturated rings. The Kier molecular flexibility index (Phi) is 4.04. The topological polar surface area (TPSA) is 63.5 Å². The molecule has 4 rings (SSSR count). The van der Waals surface area contributed by atoms with E-state index in [0.717, 1.165) is 34.2 Å². The quantitative estimate of drug-likeness (QED) is 0.717. The van der Waals surface area contributed by atoms with E-state index in [-0.39, 0.29) is 5.91 Å². The van der Waals surface area contributed by atoms with Gasteiger partial charge in [-0.05, 0) is 12.1 Å². The summed E-state index contributed by atoms with van der Waals surface area (Å²) in [5.74, 6) is 0.852. The molecule has 0 bridgehead atoms. The highest BCUT2D eigenvalue weighted by atomic mass is 32.1. The lowest BCUT2D eigenvalue weighted by Gasteiger charge is -2.34. The molecule has 0 unspecified atom stereocenters. The average molecular weight is 357 g/mol. The molecule has 130 valence electrons. The molecule has 0 aliphatic carbocycles. The number of aryl methyl sites for hydroxylation is 1. The predicted molar refractivity (Wildman–Crippen MR) is 97.5 cm³/mol. The molecule has 1 aliphatic rings. The first-order valence-electron chi connectivity index (χ1n) is 8.11. The first kappa shape index (κ1) is 15.9. The lowest BCUT2D eigenvalue weighted by atomic mass is 10.3. The zero-order valence-electron chi connectivity index (χ0n) is 14.2. The van der Waals surface area contributed by atoms with E-state index in [1.807, 2.05) is 30.1 Å². The van der Waals surface area contributed by atoms with Crippen LogP contribution in [0, 0.1) is 0 Å². The van der Waals surface area contributed by atoms with E-state index in [9.17, 15) is 4.79 Å². The Morgan fingerprint density at radius 2 is 2.04 bits per heavy atom. The van der Waals surface area contributed by atoms with Crippen LogP contribution in [-0.2, 0) is 7.05 Å². The van der Waals surface area contributed by atoms with Crippen LogP contribution in [-0.4, -0.2) is 58.6 Å². The molecule has 3 heterocycles. The zero-order chi connectivity index (χ0) is 17.4. The number of benzene rings is 1. The molecule has 7 nitrogen and oxygen atoms in total. The van der Waals surface area contributed by atoms with Gasteiger partial charge in [0, 0.05) is 39.3 Å². The third kappa shape index (κ3) is 2.93. The summed E-state index contributed by atoms with van der Waals surface area (Å²) in [7, 11) is 3.50. The van der Waals surface area contributed by atoms with E-state index in [2.05, 4.69) is 9.88 Å². The number of fused-ring (bicyclic) bond motifs is 1. The van der Waals surface area contributed by atoms with Crippen molar-refractivity contribution in [2.75, 3.05) is 38.2 Å². The van der Waals surface area contributed by atoms with Crippen LogP contribution in [0.5, 0.6) is 5.75 Å². The van der Waals surface area contributed by atoms with Crippen LogP contribution in [0.3, 0.4) is 0 Å². The van der Waals surface area contributed by atoms with E-state index in [0.29, 0.717) is 18.8 Å². The molecule has 0 saturated carbocycles. The molecule has 0 spiro atoms. The molecule has 2 aromatic heterocycles. The SMILES string of the molecule is COc1ccc2sc(N3CCN(C(=O)c4cncn4C)CC3)nc2c1. The number of amides is 1. The van der Waals surface area contributed by atoms with Gasteiger partial charge < -0.3 is 19.1 Å². The second kappa shape index (κ2) is 6.36. The number of rotatable bonds is 3. The second-order valence-electron chi connectivity index (χ2n) is 6.00. The predicted octanol–water partition coefficient (Wildman–Crippen LogP) is 2.00. The van der Waals surface area contributed by atoms with Crippen LogP contribution < -0.4 is 9.64 Å². The maximum atomic E-state index is 12.6. The van der Waals surface area contributed by atoms with Gasteiger partial charge in [0.1, 0.15) is 11.4 Å². The largest absolute Gasteiger partial charge is 0.497 e. The molecule has 25 heavy (non-hydrogen) atoms. The van der Waals surface area contributed by atoms with Gasteiger partial charge in [0.05, 0.1) is 29.9 Å². The second-order valence-corrected chi connectivity index (χ2v) is 7.01. The zero-order valence-corrected chi connectivity index (χ0v) is 15.0. The first-order valence-corrected chi connectivity index (χ1v) is 8.92. The molecule has 0 N–H and O–H groups in total. The fourth-order valence-electron chi connectivity index (χ4n) is 2.98. The van der Waals surface area contributed by atoms with E-state index < -0.39 is 0 Å². The van der Waals surface area contributed by atoms with E-state index in [1.165, 1.54) is 0 Å². The number of carbonyl (C=O) groups is 1. The third-order valence-corrected chi connectivity index (χ3v) is 5.55. The Morgan fingerprint density at radius 3 is 2.72 bits per heavy atom. The molecule has 1 amide bonds. The van der Waals surface area contributed by atoms with Crippen molar-refractivity contribution in [2.24, 2.45) is 7.05 Å². The lowest BCUT2D eigenvalue weighted by Crippen LogP contribution is -2.49. The molecule has 8 heteroatoms. The van der Waals surface area contributed by atoms with Gasteiger partial charge >= 0.3 is 0 Å². The van der Waals surface area contributed by atoms with Gasteiger partial charge in [-0.1, -0.05) is 11.3 Å². The Balaban J connectivity index is 1.46. The number of anilines is 1. The minimum atomic E-state index is 0.0358. The number of hydrogen-bond acceptors (Lipinski definition) is 6. The third-order valence-electron chi connectivity index (χ3n) is 4.46. The summed E-state index contributed by atoms with van der Waals surface area (Å²) in [6.07, 6.45) is 3.27. The molecular weight excluding hydrogens is 338 g/mol. The van der Waals surface area contributed by atoms with Gasteiger partial charge in [0.25, 0.3) is 5.91 Å². The molecule has 1 aliphatic heterocycles. The summed E-state index contributed by atoms with van der Waals surface area (Å²) in [5, 5.41) is 0.996. The van der Waals surface area contributed by atoms with Crippen molar-refractivity contribution in [3.63, 3.8) is 0 Å². The van der Waals surface area contributed by atoms with Gasteiger partial charge in [-0.3, -0.25) is 4.79 Å². The van der Waals surface area contributed by atoms with Crippen LogP contribution in [0.25, 0.3) is 10.2 Å². The minimum absolute atomic E-state index is 0.0358. The monoisotopic (exact) mass is 357 g/mol. The van der Waals surface area contributed by atoms with Crippen LogP contribution >= 0.6 is 11.3 Å². The standard InChI is InChI=1S/C17H19N5O2S/c1-20-11-18-10-14(20)16(23)21-5-7-22(8-6-21)17-19-13-9-12(24-2)3-4-15(13)25-17/h3-4,9-11H,5-8H2,1-2H3. The Labute approximate surface area is 149 Å². The average Bonchev–Trinajstić information content (AvgIpc) is 3.26. The van der Waals surface area contributed by atoms with Crippen LogP contribution in [0.1, 0.15) is 10.5 Å². The van der Waals surface area contributed by atoms with E-state index in [1.54, 1.807) is 35.5 Å². The smallest absolute Gasteiger partial charge is 0.272 e. The fraction of sp³-hybridized carbons (Fsp3) is 0.353. The number of hydrogen-bond donors (Lipinski definition) is 0. The van der Waals surface area contributed by atoms with Gasteiger partial charge in [-0.25, -0.2) is 9.97 Å². The molecular formula is C17H19N5O2S. The number of aromatic nitrogens is 3.